The molecule has 1 amide bonds. The Hall–Kier alpha value is -2.83. The van der Waals surface area contributed by atoms with E-state index in [9.17, 15) is 9.59 Å². The van der Waals surface area contributed by atoms with E-state index in [0.717, 1.165) is 12.8 Å². The molecule has 2 rings (SSSR count). The molecule has 1 aromatic carbocycles. The van der Waals surface area contributed by atoms with Crippen molar-refractivity contribution in [2.45, 2.75) is 52.7 Å². The minimum absolute atomic E-state index is 0.103. The molecule has 27 heavy (non-hydrogen) atoms. The normalized spacial score (nSPS) is 11.9. The van der Waals surface area contributed by atoms with Gasteiger partial charge >= 0.3 is 5.97 Å². The molecule has 0 radical (unpaired) electrons. The SMILES string of the molecule is CCCCOc1ccc(C(=O)O[C@@H](C)C(=O)Nc2ccnn2C(C)C)cc1. The molecular formula is C20H27N3O4. The summed E-state index contributed by atoms with van der Waals surface area (Å²) in [7, 11) is 0. The third-order valence-corrected chi connectivity index (χ3v) is 3.92. The van der Waals surface area contributed by atoms with Crippen molar-refractivity contribution in [1.29, 1.82) is 0 Å². The van der Waals surface area contributed by atoms with Crippen LogP contribution in [-0.4, -0.2) is 34.4 Å². The van der Waals surface area contributed by atoms with Gasteiger partial charge in [0.2, 0.25) is 0 Å². The van der Waals surface area contributed by atoms with Crippen LogP contribution in [0.15, 0.2) is 36.5 Å². The van der Waals surface area contributed by atoms with Crippen LogP contribution in [-0.2, 0) is 9.53 Å². The number of benzene rings is 1. The quantitative estimate of drug-likeness (QED) is 0.534. The molecular weight excluding hydrogens is 346 g/mol. The molecule has 1 aromatic heterocycles. The highest BCUT2D eigenvalue weighted by molar-refractivity contribution is 5.96. The summed E-state index contributed by atoms with van der Waals surface area (Å²) in [4.78, 5) is 24.6. The van der Waals surface area contributed by atoms with Crippen molar-refractivity contribution in [3.63, 3.8) is 0 Å². The van der Waals surface area contributed by atoms with Crippen LogP contribution >= 0.6 is 0 Å². The van der Waals surface area contributed by atoms with E-state index in [-0.39, 0.29) is 6.04 Å². The fourth-order valence-electron chi connectivity index (χ4n) is 2.36. The van der Waals surface area contributed by atoms with Crippen molar-refractivity contribution in [1.82, 2.24) is 9.78 Å². The predicted octanol–water partition coefficient (Wildman–Crippen LogP) is 3.83. The summed E-state index contributed by atoms with van der Waals surface area (Å²) in [6.07, 6.45) is 2.71. The zero-order chi connectivity index (χ0) is 19.8. The second kappa shape index (κ2) is 9.75. The lowest BCUT2D eigenvalue weighted by atomic mass is 10.2. The number of hydrogen-bond acceptors (Lipinski definition) is 5. The van der Waals surface area contributed by atoms with Crippen LogP contribution in [0.5, 0.6) is 5.75 Å². The van der Waals surface area contributed by atoms with E-state index in [1.165, 1.54) is 6.92 Å². The molecule has 7 nitrogen and oxygen atoms in total. The van der Waals surface area contributed by atoms with E-state index >= 15 is 0 Å². The molecule has 0 aliphatic rings. The van der Waals surface area contributed by atoms with E-state index in [1.54, 1.807) is 41.2 Å². The summed E-state index contributed by atoms with van der Waals surface area (Å²) in [5.41, 5.74) is 0.365. The average Bonchev–Trinajstić information content (AvgIpc) is 3.10. The molecule has 0 unspecified atom stereocenters. The number of anilines is 1. The monoisotopic (exact) mass is 373 g/mol. The summed E-state index contributed by atoms with van der Waals surface area (Å²) in [5.74, 6) is 0.291. The predicted molar refractivity (Wildman–Crippen MR) is 103 cm³/mol. The number of hydrogen-bond donors (Lipinski definition) is 1. The topological polar surface area (TPSA) is 82.4 Å². The highest BCUT2D eigenvalue weighted by Gasteiger charge is 2.20. The Morgan fingerprint density at radius 3 is 2.48 bits per heavy atom. The lowest BCUT2D eigenvalue weighted by Crippen LogP contribution is -2.31. The highest BCUT2D eigenvalue weighted by atomic mass is 16.5. The number of amides is 1. The van der Waals surface area contributed by atoms with Crippen LogP contribution in [0.1, 0.15) is 56.9 Å². The van der Waals surface area contributed by atoms with Gasteiger partial charge in [-0.3, -0.25) is 4.79 Å². The number of ether oxygens (including phenoxy) is 2. The Morgan fingerprint density at radius 2 is 1.85 bits per heavy atom. The van der Waals surface area contributed by atoms with Crippen LogP contribution in [0.4, 0.5) is 5.82 Å². The third kappa shape index (κ3) is 5.84. The van der Waals surface area contributed by atoms with Crippen molar-refractivity contribution in [3.8, 4) is 5.75 Å². The summed E-state index contributed by atoms with van der Waals surface area (Å²) in [6.45, 7) is 8.19. The zero-order valence-electron chi connectivity index (χ0n) is 16.3. The molecule has 0 fully saturated rings. The molecule has 0 saturated heterocycles. The molecule has 0 bridgehead atoms. The number of carbonyl (C=O) groups excluding carboxylic acids is 2. The van der Waals surface area contributed by atoms with E-state index in [0.29, 0.717) is 23.7 Å². The lowest BCUT2D eigenvalue weighted by molar-refractivity contribution is -0.123. The lowest BCUT2D eigenvalue weighted by Gasteiger charge is -2.16. The first-order valence-electron chi connectivity index (χ1n) is 9.20. The van der Waals surface area contributed by atoms with Gasteiger partial charge in [0.15, 0.2) is 6.10 Å². The van der Waals surface area contributed by atoms with Gasteiger partial charge in [-0.2, -0.15) is 5.10 Å². The number of aromatic nitrogens is 2. The number of esters is 1. The van der Waals surface area contributed by atoms with Gasteiger partial charge in [-0.25, -0.2) is 9.48 Å². The van der Waals surface area contributed by atoms with Crippen molar-refractivity contribution in [2.75, 3.05) is 11.9 Å². The Labute approximate surface area is 159 Å². The van der Waals surface area contributed by atoms with Crippen molar-refractivity contribution >= 4 is 17.7 Å². The summed E-state index contributed by atoms with van der Waals surface area (Å²) >= 11 is 0. The Balaban J connectivity index is 1.90. The van der Waals surface area contributed by atoms with Crippen molar-refractivity contribution in [3.05, 3.63) is 42.1 Å². The summed E-state index contributed by atoms with van der Waals surface area (Å²) in [6, 6.07) is 8.50. The van der Waals surface area contributed by atoms with Crippen LogP contribution in [0.3, 0.4) is 0 Å². The maximum atomic E-state index is 12.3. The first-order valence-corrected chi connectivity index (χ1v) is 9.20. The molecule has 1 N–H and O–H groups in total. The van der Waals surface area contributed by atoms with Crippen LogP contribution in [0.2, 0.25) is 0 Å². The van der Waals surface area contributed by atoms with Gasteiger partial charge in [-0.15, -0.1) is 0 Å². The minimum atomic E-state index is -0.937. The van der Waals surface area contributed by atoms with Gasteiger partial charge in [-0.05, 0) is 51.5 Å². The van der Waals surface area contributed by atoms with E-state index in [4.69, 9.17) is 9.47 Å². The van der Waals surface area contributed by atoms with Crippen LogP contribution in [0.25, 0.3) is 0 Å². The molecule has 7 heteroatoms. The maximum absolute atomic E-state index is 12.3. The first-order chi connectivity index (χ1) is 12.9. The van der Waals surface area contributed by atoms with E-state index in [1.807, 2.05) is 13.8 Å². The Bertz CT molecular complexity index is 753. The average molecular weight is 373 g/mol. The second-order valence-electron chi connectivity index (χ2n) is 6.52. The molecule has 2 aromatic rings. The summed E-state index contributed by atoms with van der Waals surface area (Å²) in [5, 5.41) is 6.88. The van der Waals surface area contributed by atoms with Crippen molar-refractivity contribution in [2.24, 2.45) is 0 Å². The molecule has 1 atom stereocenters. The second-order valence-corrected chi connectivity index (χ2v) is 6.52. The Kier molecular flexibility index (Phi) is 7.40. The number of nitrogens with one attached hydrogen (secondary N) is 1. The molecule has 0 aliphatic carbocycles. The first kappa shape index (κ1) is 20.5. The standard InChI is InChI=1S/C20H27N3O4/c1-5-6-13-26-17-9-7-16(8-10-17)20(25)27-15(4)19(24)22-18-11-12-21-23(18)14(2)3/h7-12,14-15H,5-6,13H2,1-4H3,(H,22,24)/t15-/m0/s1. The van der Waals surface area contributed by atoms with Gasteiger partial charge in [0.25, 0.3) is 5.91 Å². The van der Waals surface area contributed by atoms with Gasteiger partial charge in [-0.1, -0.05) is 13.3 Å². The van der Waals surface area contributed by atoms with Crippen molar-refractivity contribution < 1.29 is 19.1 Å². The molecule has 0 spiro atoms. The largest absolute Gasteiger partial charge is 0.494 e. The van der Waals surface area contributed by atoms with Gasteiger partial charge in [0, 0.05) is 12.1 Å². The number of unbranched alkanes of at least 4 members (excludes halogenated alkanes) is 1. The number of nitrogens with zero attached hydrogens (tertiary/aromatic N) is 2. The fourth-order valence-corrected chi connectivity index (χ4v) is 2.36. The Morgan fingerprint density at radius 1 is 1.15 bits per heavy atom. The van der Waals surface area contributed by atoms with Gasteiger partial charge in [0.1, 0.15) is 11.6 Å². The minimum Gasteiger partial charge on any atom is -0.494 e. The fraction of sp³-hybridized carbons (Fsp3) is 0.450. The number of rotatable bonds is 9. The number of carbonyl (C=O) groups is 2. The van der Waals surface area contributed by atoms with Gasteiger partial charge < -0.3 is 14.8 Å². The zero-order valence-corrected chi connectivity index (χ0v) is 16.3. The third-order valence-electron chi connectivity index (χ3n) is 3.92. The molecule has 0 saturated carbocycles. The molecule has 0 aliphatic heterocycles. The smallest absolute Gasteiger partial charge is 0.338 e. The van der Waals surface area contributed by atoms with E-state index < -0.39 is 18.0 Å². The summed E-state index contributed by atoms with van der Waals surface area (Å²) < 4.78 is 12.5. The van der Waals surface area contributed by atoms with Gasteiger partial charge in [0.05, 0.1) is 18.4 Å². The highest BCUT2D eigenvalue weighted by Crippen LogP contribution is 2.16. The maximum Gasteiger partial charge on any atom is 0.338 e. The molecule has 1 heterocycles. The molecule has 146 valence electrons. The van der Waals surface area contributed by atoms with Crippen LogP contribution < -0.4 is 10.1 Å². The van der Waals surface area contributed by atoms with E-state index in [2.05, 4.69) is 17.3 Å². The van der Waals surface area contributed by atoms with Crippen LogP contribution in [0, 0.1) is 0 Å².